The van der Waals surface area contributed by atoms with Crippen LogP contribution in [0.1, 0.15) is 24.2 Å². The van der Waals surface area contributed by atoms with E-state index in [0.29, 0.717) is 0 Å². The molecule has 3 N–H and O–H groups in total. The Bertz CT molecular complexity index is 612. The zero-order valence-electron chi connectivity index (χ0n) is 11.1. The molecule has 1 aromatic carbocycles. The summed E-state index contributed by atoms with van der Waals surface area (Å²) in [6, 6.07) is 4.92. The Kier molecular flexibility index (Phi) is 5.09. The van der Waals surface area contributed by atoms with Crippen molar-refractivity contribution in [3.63, 3.8) is 0 Å². The summed E-state index contributed by atoms with van der Waals surface area (Å²) in [6.07, 6.45) is 0. The maximum atomic E-state index is 11.9. The molecule has 1 unspecified atom stereocenters. The molecule has 8 heteroatoms. The molecule has 1 atom stereocenters. The van der Waals surface area contributed by atoms with Crippen molar-refractivity contribution in [3.8, 4) is 0 Å². The molecule has 0 saturated heterocycles. The molecule has 0 bridgehead atoms. The van der Waals surface area contributed by atoms with Crippen LogP contribution in [0.4, 0.5) is 5.69 Å². The Morgan fingerprint density at radius 2 is 1.90 bits per heavy atom. The number of benzene rings is 1. The average molecular weight is 300 g/mol. The van der Waals surface area contributed by atoms with Crippen LogP contribution in [0.2, 0.25) is 0 Å². The first-order chi connectivity index (χ1) is 9.26. The number of hydrogen-bond donors (Lipinski definition) is 3. The SMILES string of the molecule is CCS(=O)(=O)Nc1ccccc1C(=O)NC(C)C(=O)O. The van der Waals surface area contributed by atoms with Gasteiger partial charge in [0.15, 0.2) is 0 Å². The van der Waals surface area contributed by atoms with Gasteiger partial charge in [0, 0.05) is 0 Å². The second kappa shape index (κ2) is 6.38. The fraction of sp³-hybridized carbons (Fsp3) is 0.333. The quantitative estimate of drug-likeness (QED) is 0.714. The highest BCUT2D eigenvalue weighted by atomic mass is 32.2. The second-order valence-corrected chi connectivity index (χ2v) is 6.10. The van der Waals surface area contributed by atoms with Gasteiger partial charge in [-0.15, -0.1) is 0 Å². The number of carbonyl (C=O) groups excluding carboxylic acids is 1. The molecule has 1 amide bonds. The van der Waals surface area contributed by atoms with Crippen molar-refractivity contribution in [1.29, 1.82) is 0 Å². The van der Waals surface area contributed by atoms with E-state index in [9.17, 15) is 18.0 Å². The van der Waals surface area contributed by atoms with E-state index in [4.69, 9.17) is 5.11 Å². The van der Waals surface area contributed by atoms with E-state index in [0.717, 1.165) is 0 Å². The Hall–Kier alpha value is -2.09. The lowest BCUT2D eigenvalue weighted by Gasteiger charge is -2.13. The Morgan fingerprint density at radius 1 is 1.30 bits per heavy atom. The topological polar surface area (TPSA) is 113 Å². The largest absolute Gasteiger partial charge is 0.480 e. The van der Waals surface area contributed by atoms with Crippen molar-refractivity contribution in [3.05, 3.63) is 29.8 Å². The molecule has 0 fully saturated rings. The number of sulfonamides is 1. The van der Waals surface area contributed by atoms with Gasteiger partial charge < -0.3 is 10.4 Å². The van der Waals surface area contributed by atoms with Gasteiger partial charge >= 0.3 is 5.97 Å². The van der Waals surface area contributed by atoms with Crippen LogP contribution in [-0.2, 0) is 14.8 Å². The highest BCUT2D eigenvalue weighted by Gasteiger charge is 2.19. The van der Waals surface area contributed by atoms with Crippen molar-refractivity contribution in [2.24, 2.45) is 0 Å². The summed E-state index contributed by atoms with van der Waals surface area (Å²) in [7, 11) is -3.52. The number of carboxylic acid groups (broad SMARTS) is 1. The van der Waals surface area contributed by atoms with Crippen LogP contribution in [0.5, 0.6) is 0 Å². The minimum Gasteiger partial charge on any atom is -0.480 e. The van der Waals surface area contributed by atoms with Crippen molar-refractivity contribution >= 4 is 27.6 Å². The number of para-hydroxylation sites is 1. The van der Waals surface area contributed by atoms with Crippen LogP contribution in [0, 0.1) is 0 Å². The second-order valence-electron chi connectivity index (χ2n) is 4.08. The molecular weight excluding hydrogens is 284 g/mol. The molecule has 1 aromatic rings. The lowest BCUT2D eigenvalue weighted by atomic mass is 10.1. The predicted octanol–water partition coefficient (Wildman–Crippen LogP) is 0.651. The van der Waals surface area contributed by atoms with Crippen LogP contribution in [0.3, 0.4) is 0 Å². The molecular formula is C12H16N2O5S. The lowest BCUT2D eigenvalue weighted by Crippen LogP contribution is -2.38. The summed E-state index contributed by atoms with van der Waals surface area (Å²) in [5.41, 5.74) is 0.182. The summed E-state index contributed by atoms with van der Waals surface area (Å²) in [5, 5.41) is 11.0. The van der Waals surface area contributed by atoms with Crippen LogP contribution in [-0.4, -0.2) is 37.2 Å². The van der Waals surface area contributed by atoms with Gasteiger partial charge in [0.2, 0.25) is 10.0 Å². The number of aliphatic carboxylic acids is 1. The third-order valence-corrected chi connectivity index (χ3v) is 3.83. The normalized spacial score (nSPS) is 12.5. The van der Waals surface area contributed by atoms with Gasteiger partial charge in [0.05, 0.1) is 17.0 Å². The molecule has 0 radical (unpaired) electrons. The fourth-order valence-corrected chi connectivity index (χ4v) is 2.00. The van der Waals surface area contributed by atoms with Gasteiger partial charge in [0.25, 0.3) is 5.91 Å². The first kappa shape index (κ1) is 16.0. The predicted molar refractivity (Wildman–Crippen MR) is 74.1 cm³/mol. The summed E-state index contributed by atoms with van der Waals surface area (Å²) in [4.78, 5) is 22.6. The summed E-state index contributed by atoms with van der Waals surface area (Å²) in [6.45, 7) is 2.79. The zero-order valence-corrected chi connectivity index (χ0v) is 11.9. The molecule has 0 heterocycles. The first-order valence-electron chi connectivity index (χ1n) is 5.90. The summed E-state index contributed by atoms with van der Waals surface area (Å²) in [5.74, 6) is -1.96. The molecule has 0 aliphatic carbocycles. The van der Waals surface area contributed by atoms with E-state index in [2.05, 4.69) is 10.0 Å². The monoisotopic (exact) mass is 300 g/mol. The van der Waals surface area contributed by atoms with Gasteiger partial charge in [-0.1, -0.05) is 12.1 Å². The number of carbonyl (C=O) groups is 2. The van der Waals surface area contributed by atoms with Gasteiger partial charge in [-0.2, -0.15) is 0 Å². The molecule has 0 aromatic heterocycles. The molecule has 0 aliphatic rings. The summed E-state index contributed by atoms with van der Waals surface area (Å²) >= 11 is 0. The number of rotatable bonds is 6. The Balaban J connectivity index is 3.01. The molecule has 7 nitrogen and oxygen atoms in total. The molecule has 0 spiro atoms. The van der Waals surface area contributed by atoms with Crippen molar-refractivity contribution in [1.82, 2.24) is 5.32 Å². The van der Waals surface area contributed by atoms with E-state index in [1.165, 1.54) is 26.0 Å². The van der Waals surface area contributed by atoms with E-state index in [-0.39, 0.29) is 17.0 Å². The minimum atomic E-state index is -3.52. The smallest absolute Gasteiger partial charge is 0.325 e. The van der Waals surface area contributed by atoms with Crippen LogP contribution in [0.25, 0.3) is 0 Å². The lowest BCUT2D eigenvalue weighted by molar-refractivity contribution is -0.138. The average Bonchev–Trinajstić information content (AvgIpc) is 2.38. The third kappa shape index (κ3) is 4.23. The van der Waals surface area contributed by atoms with Crippen molar-refractivity contribution in [2.75, 3.05) is 10.5 Å². The highest BCUT2D eigenvalue weighted by molar-refractivity contribution is 7.92. The van der Waals surface area contributed by atoms with Crippen molar-refractivity contribution < 1.29 is 23.1 Å². The maximum Gasteiger partial charge on any atom is 0.325 e. The molecule has 0 aliphatic heterocycles. The Morgan fingerprint density at radius 3 is 2.45 bits per heavy atom. The van der Waals surface area contributed by atoms with Gasteiger partial charge in [-0.05, 0) is 26.0 Å². The maximum absolute atomic E-state index is 11.9. The van der Waals surface area contributed by atoms with E-state index in [1.54, 1.807) is 12.1 Å². The number of carboxylic acids is 1. The summed E-state index contributed by atoms with van der Waals surface area (Å²) < 4.78 is 25.4. The first-order valence-corrected chi connectivity index (χ1v) is 7.55. The van der Waals surface area contributed by atoms with Crippen molar-refractivity contribution in [2.45, 2.75) is 19.9 Å². The number of hydrogen-bond acceptors (Lipinski definition) is 4. The molecule has 1 rings (SSSR count). The van der Waals surface area contributed by atoms with Crippen LogP contribution in [0.15, 0.2) is 24.3 Å². The number of amides is 1. The molecule has 20 heavy (non-hydrogen) atoms. The van der Waals surface area contributed by atoms with Gasteiger partial charge in [-0.25, -0.2) is 8.42 Å². The minimum absolute atomic E-state index is 0.0672. The van der Waals surface area contributed by atoms with Crippen LogP contribution >= 0.6 is 0 Å². The molecule has 0 saturated carbocycles. The van der Waals surface area contributed by atoms with E-state index < -0.39 is 27.9 Å². The number of nitrogens with one attached hydrogen (secondary N) is 2. The van der Waals surface area contributed by atoms with Gasteiger partial charge in [0.1, 0.15) is 6.04 Å². The molecule has 110 valence electrons. The third-order valence-electron chi connectivity index (χ3n) is 2.54. The van der Waals surface area contributed by atoms with E-state index >= 15 is 0 Å². The highest BCUT2D eigenvalue weighted by Crippen LogP contribution is 2.16. The van der Waals surface area contributed by atoms with Crippen LogP contribution < -0.4 is 10.0 Å². The number of anilines is 1. The zero-order chi connectivity index (χ0) is 15.3. The van der Waals surface area contributed by atoms with E-state index in [1.807, 2.05) is 0 Å². The standard InChI is InChI=1S/C12H16N2O5S/c1-3-20(18,19)14-10-7-5-4-6-9(10)11(15)13-8(2)12(16)17/h4-8,14H,3H2,1-2H3,(H,13,15)(H,16,17). The Labute approximate surface area is 117 Å². The fourth-order valence-electron chi connectivity index (χ4n) is 1.35. The van der Waals surface area contributed by atoms with Gasteiger partial charge in [-0.3, -0.25) is 14.3 Å².